The van der Waals surface area contributed by atoms with Crippen LogP contribution < -0.4 is 5.32 Å². The summed E-state index contributed by atoms with van der Waals surface area (Å²) in [7, 11) is 0. The first kappa shape index (κ1) is 13.2. The van der Waals surface area contributed by atoms with Crippen LogP contribution in [-0.4, -0.2) is 29.8 Å². The minimum Gasteiger partial charge on any atom is -0.354 e. The highest BCUT2D eigenvalue weighted by Gasteiger charge is 2.39. The molecule has 1 atom stereocenters. The number of nitrogens with one attached hydrogen (secondary N) is 1. The molecule has 1 aromatic carbocycles. The van der Waals surface area contributed by atoms with Crippen LogP contribution in [0.3, 0.4) is 0 Å². The van der Waals surface area contributed by atoms with Gasteiger partial charge in [0.25, 0.3) is 0 Å². The fourth-order valence-corrected chi connectivity index (χ4v) is 2.23. The number of nitrogens with zero attached hydrogens (tertiary/aromatic N) is 1. The quantitative estimate of drug-likeness (QED) is 0.894. The Morgan fingerprint density at radius 1 is 1.61 bits per heavy atom. The molecule has 2 rings (SSSR count). The van der Waals surface area contributed by atoms with E-state index in [2.05, 4.69) is 5.32 Å². The summed E-state index contributed by atoms with van der Waals surface area (Å²) in [6.45, 7) is 5.12. The van der Waals surface area contributed by atoms with Gasteiger partial charge in [-0.3, -0.25) is 4.90 Å². The number of amides is 2. The van der Waals surface area contributed by atoms with Gasteiger partial charge in [-0.25, -0.2) is 4.79 Å². The number of urea groups is 1. The van der Waals surface area contributed by atoms with E-state index in [0.717, 1.165) is 6.42 Å². The molecule has 1 aliphatic rings. The molecule has 1 aromatic rings. The lowest BCUT2D eigenvalue weighted by Crippen LogP contribution is -2.47. The largest absolute Gasteiger partial charge is 0.354 e. The first-order chi connectivity index (χ1) is 8.55. The van der Waals surface area contributed by atoms with Gasteiger partial charge in [-0.15, -0.1) is 0 Å². The van der Waals surface area contributed by atoms with Gasteiger partial charge in [0.05, 0.1) is 6.61 Å². The summed E-state index contributed by atoms with van der Waals surface area (Å²) < 4.78 is 5.62. The van der Waals surface area contributed by atoms with Gasteiger partial charge in [0.15, 0.2) is 0 Å². The first-order valence-electron chi connectivity index (χ1n) is 6.03. The number of halogens is 1. The highest BCUT2D eigenvalue weighted by Crippen LogP contribution is 2.27. The number of carbonyl (C=O) groups is 1. The predicted molar refractivity (Wildman–Crippen MR) is 71.8 cm³/mol. The molecule has 1 unspecified atom stereocenters. The first-order valence-corrected chi connectivity index (χ1v) is 6.41. The van der Waals surface area contributed by atoms with E-state index in [9.17, 15) is 4.79 Å². The van der Waals surface area contributed by atoms with Crippen molar-refractivity contribution >= 4 is 23.3 Å². The molecule has 4 nitrogen and oxygen atoms in total. The number of ether oxygens (including phenoxy) is 1. The van der Waals surface area contributed by atoms with E-state index in [4.69, 9.17) is 16.3 Å². The number of carbonyl (C=O) groups excluding carboxylic acids is 1. The van der Waals surface area contributed by atoms with Gasteiger partial charge < -0.3 is 10.1 Å². The normalized spacial score (nSPS) is 23.2. The zero-order chi connectivity index (χ0) is 13.2. The Morgan fingerprint density at radius 3 is 3.06 bits per heavy atom. The molecule has 0 bridgehead atoms. The molecular weight excluding hydrogens is 252 g/mol. The average molecular weight is 269 g/mol. The van der Waals surface area contributed by atoms with E-state index in [0.29, 0.717) is 23.9 Å². The molecule has 1 N–H and O–H groups in total. The monoisotopic (exact) mass is 268 g/mol. The van der Waals surface area contributed by atoms with Gasteiger partial charge >= 0.3 is 6.03 Å². The van der Waals surface area contributed by atoms with E-state index in [1.54, 1.807) is 23.1 Å². The molecular formula is C13H17ClN2O2. The van der Waals surface area contributed by atoms with Crippen molar-refractivity contribution in [3.8, 4) is 0 Å². The second kappa shape index (κ2) is 5.16. The van der Waals surface area contributed by atoms with Crippen LogP contribution in [0.5, 0.6) is 0 Å². The van der Waals surface area contributed by atoms with Crippen molar-refractivity contribution in [1.29, 1.82) is 0 Å². The number of anilines is 1. The Labute approximate surface area is 112 Å². The molecule has 0 spiro atoms. The summed E-state index contributed by atoms with van der Waals surface area (Å²) in [5.41, 5.74) is 0.181. The van der Waals surface area contributed by atoms with E-state index in [-0.39, 0.29) is 6.03 Å². The predicted octanol–water partition coefficient (Wildman–Crippen LogP) is 3.33. The molecule has 0 saturated carbocycles. The molecule has 0 aromatic heterocycles. The zero-order valence-electron chi connectivity index (χ0n) is 10.6. The maximum Gasteiger partial charge on any atom is 0.324 e. The summed E-state index contributed by atoms with van der Waals surface area (Å²) in [5, 5.41) is 3.44. The lowest BCUT2D eigenvalue weighted by Gasteiger charge is -2.32. The van der Waals surface area contributed by atoms with Crippen molar-refractivity contribution in [3.05, 3.63) is 29.3 Å². The van der Waals surface area contributed by atoms with Crippen LogP contribution in [0.4, 0.5) is 10.5 Å². The van der Waals surface area contributed by atoms with Gasteiger partial charge in [0.1, 0.15) is 5.72 Å². The van der Waals surface area contributed by atoms with Gasteiger partial charge in [-0.05, 0) is 31.5 Å². The lowest BCUT2D eigenvalue weighted by molar-refractivity contribution is -0.0476. The maximum atomic E-state index is 12.2. The van der Waals surface area contributed by atoms with Crippen molar-refractivity contribution in [3.63, 3.8) is 0 Å². The van der Waals surface area contributed by atoms with E-state index >= 15 is 0 Å². The van der Waals surface area contributed by atoms with E-state index < -0.39 is 5.72 Å². The van der Waals surface area contributed by atoms with Crippen molar-refractivity contribution < 1.29 is 9.53 Å². The third-order valence-electron chi connectivity index (χ3n) is 3.28. The number of hydrogen-bond acceptors (Lipinski definition) is 2. The molecule has 1 heterocycles. The van der Waals surface area contributed by atoms with Crippen molar-refractivity contribution in [1.82, 2.24) is 4.90 Å². The molecule has 1 fully saturated rings. The van der Waals surface area contributed by atoms with Crippen LogP contribution in [0.1, 0.15) is 20.3 Å². The Hall–Kier alpha value is -1.26. The minimum absolute atomic E-state index is 0.154. The number of rotatable bonds is 2. The molecule has 0 radical (unpaired) electrons. The zero-order valence-corrected chi connectivity index (χ0v) is 11.3. The van der Waals surface area contributed by atoms with Crippen LogP contribution >= 0.6 is 11.6 Å². The van der Waals surface area contributed by atoms with Gasteiger partial charge in [-0.2, -0.15) is 0 Å². The topological polar surface area (TPSA) is 41.6 Å². The van der Waals surface area contributed by atoms with Crippen molar-refractivity contribution in [2.45, 2.75) is 26.0 Å². The standard InChI is InChI=1S/C13H17ClN2O2/c1-3-13(2)16(7-8-18-13)12(17)15-11-6-4-5-10(14)9-11/h4-6,9H,3,7-8H2,1-2H3,(H,15,17). The molecule has 0 aliphatic carbocycles. The van der Waals surface area contributed by atoms with E-state index in [1.165, 1.54) is 0 Å². The number of hydrogen-bond donors (Lipinski definition) is 1. The summed E-state index contributed by atoms with van der Waals surface area (Å²) in [6, 6.07) is 6.95. The van der Waals surface area contributed by atoms with Crippen molar-refractivity contribution in [2.75, 3.05) is 18.5 Å². The highest BCUT2D eigenvalue weighted by molar-refractivity contribution is 6.30. The summed E-state index contributed by atoms with van der Waals surface area (Å²) in [5.74, 6) is 0. The average Bonchev–Trinajstić information content (AvgIpc) is 2.72. The van der Waals surface area contributed by atoms with Crippen LogP contribution in [0, 0.1) is 0 Å². The second-order valence-electron chi connectivity index (χ2n) is 4.47. The molecule has 5 heteroatoms. The van der Waals surface area contributed by atoms with Crippen molar-refractivity contribution in [2.24, 2.45) is 0 Å². The molecule has 98 valence electrons. The summed E-state index contributed by atoms with van der Waals surface area (Å²) >= 11 is 5.88. The lowest BCUT2D eigenvalue weighted by atomic mass is 10.2. The Kier molecular flexibility index (Phi) is 3.78. The molecule has 18 heavy (non-hydrogen) atoms. The fraction of sp³-hybridized carbons (Fsp3) is 0.462. The van der Waals surface area contributed by atoms with Gasteiger partial charge in [0, 0.05) is 17.3 Å². The van der Waals surface area contributed by atoms with Crippen LogP contribution in [-0.2, 0) is 4.74 Å². The SMILES string of the molecule is CCC1(C)OCCN1C(=O)Nc1cccc(Cl)c1. The van der Waals surface area contributed by atoms with Crippen LogP contribution in [0.2, 0.25) is 5.02 Å². The Balaban J connectivity index is 2.08. The van der Waals surface area contributed by atoms with Gasteiger partial charge in [0.2, 0.25) is 0 Å². The summed E-state index contributed by atoms with van der Waals surface area (Å²) in [6.07, 6.45) is 0.760. The van der Waals surface area contributed by atoms with E-state index in [1.807, 2.05) is 19.9 Å². The third-order valence-corrected chi connectivity index (χ3v) is 3.51. The molecule has 2 amide bonds. The molecule has 1 aliphatic heterocycles. The fourth-order valence-electron chi connectivity index (χ4n) is 2.04. The maximum absolute atomic E-state index is 12.2. The Bertz CT molecular complexity index is 452. The minimum atomic E-state index is -0.511. The highest BCUT2D eigenvalue weighted by atomic mass is 35.5. The molecule has 1 saturated heterocycles. The third kappa shape index (κ3) is 2.60. The smallest absolute Gasteiger partial charge is 0.324 e. The Morgan fingerprint density at radius 2 is 2.39 bits per heavy atom. The van der Waals surface area contributed by atoms with Crippen LogP contribution in [0.15, 0.2) is 24.3 Å². The van der Waals surface area contributed by atoms with Crippen LogP contribution in [0.25, 0.3) is 0 Å². The second-order valence-corrected chi connectivity index (χ2v) is 4.91. The number of benzene rings is 1. The van der Waals surface area contributed by atoms with Gasteiger partial charge in [-0.1, -0.05) is 24.6 Å². The summed E-state index contributed by atoms with van der Waals surface area (Å²) in [4.78, 5) is 13.9.